The van der Waals surface area contributed by atoms with Gasteiger partial charge in [-0.3, -0.25) is 0 Å². The summed E-state index contributed by atoms with van der Waals surface area (Å²) in [5, 5.41) is 9.71. The Labute approximate surface area is 178 Å². The number of rotatable bonds is 5. The highest BCUT2D eigenvalue weighted by molar-refractivity contribution is 7.82. The van der Waals surface area contributed by atoms with E-state index in [0.29, 0.717) is 15.7 Å². The second kappa shape index (κ2) is 8.50. The van der Waals surface area contributed by atoms with E-state index in [4.69, 9.17) is 27.9 Å². The molecule has 0 unspecified atom stereocenters. The molecule has 1 aromatic heterocycles. The molecule has 3 aromatic carbocycles. The van der Waals surface area contributed by atoms with Gasteiger partial charge in [-0.1, -0.05) is 83.9 Å². The van der Waals surface area contributed by atoms with E-state index >= 15 is 0 Å². The van der Waals surface area contributed by atoms with Crippen molar-refractivity contribution in [3.8, 4) is 0 Å². The van der Waals surface area contributed by atoms with Gasteiger partial charge in [-0.05, 0) is 18.2 Å². The first-order valence-corrected chi connectivity index (χ1v) is 11.9. The van der Waals surface area contributed by atoms with Crippen LogP contribution in [0.2, 0.25) is 10.0 Å². The zero-order valence-corrected chi connectivity index (χ0v) is 17.9. The number of hydrogen-bond acceptors (Lipinski definition) is 3. The molecule has 1 heterocycles. The summed E-state index contributed by atoms with van der Waals surface area (Å²) in [6, 6.07) is 25.8. The minimum absolute atomic E-state index is 0.557. The van der Waals surface area contributed by atoms with Gasteiger partial charge in [0.2, 0.25) is 0 Å². The first-order valence-electron chi connectivity index (χ1n) is 8.54. The molecule has 0 aliphatic heterocycles. The molecular weight excluding hydrogens is 428 g/mol. The number of anilines is 1. The van der Waals surface area contributed by atoms with Gasteiger partial charge < -0.3 is 5.09 Å². The third kappa shape index (κ3) is 4.01. The van der Waals surface area contributed by atoms with Gasteiger partial charge in [0.05, 0.1) is 10.7 Å². The number of benzene rings is 3. The normalized spacial score (nSPS) is 11.2. The minimum atomic E-state index is -2.48. The Kier molecular flexibility index (Phi) is 5.84. The highest BCUT2D eigenvalue weighted by Gasteiger charge is 2.26. The van der Waals surface area contributed by atoms with E-state index in [1.54, 1.807) is 35.7 Å². The van der Waals surface area contributed by atoms with Gasteiger partial charge in [-0.15, -0.1) is 11.3 Å². The lowest BCUT2D eigenvalue weighted by Crippen LogP contribution is -2.22. The molecule has 0 aliphatic carbocycles. The smallest absolute Gasteiger partial charge is 0.187 e. The molecule has 0 amide bonds. The maximum Gasteiger partial charge on any atom is 0.187 e. The fourth-order valence-corrected chi connectivity index (χ4v) is 7.08. The SMILES string of the molecule is Clc1ccc(Cl)c(N=P(Nc2nccs2)(c2ccccc2)c2ccccc2)c1. The molecule has 0 fully saturated rings. The van der Waals surface area contributed by atoms with Crippen LogP contribution >= 0.6 is 41.7 Å². The van der Waals surface area contributed by atoms with Gasteiger partial charge in [-0.25, -0.2) is 9.73 Å². The maximum absolute atomic E-state index is 6.48. The monoisotopic (exact) mass is 443 g/mol. The lowest BCUT2D eigenvalue weighted by atomic mass is 10.3. The van der Waals surface area contributed by atoms with Crippen molar-refractivity contribution in [1.82, 2.24) is 4.98 Å². The van der Waals surface area contributed by atoms with Gasteiger partial charge in [0.15, 0.2) is 5.13 Å². The highest BCUT2D eigenvalue weighted by atomic mass is 35.5. The first kappa shape index (κ1) is 19.2. The molecule has 3 nitrogen and oxygen atoms in total. The van der Waals surface area contributed by atoms with Crippen molar-refractivity contribution in [2.45, 2.75) is 0 Å². The van der Waals surface area contributed by atoms with Gasteiger partial charge in [0.25, 0.3) is 0 Å². The predicted octanol–water partition coefficient (Wildman–Crippen LogP) is 6.96. The summed E-state index contributed by atoms with van der Waals surface area (Å²) < 4.78 is 5.22. The standard InChI is InChI=1S/C21H16Cl2N3PS/c22-16-11-12-19(23)20(15-16)25-27(17-7-3-1-4-8-17,18-9-5-2-6-10-18)26-21-24-13-14-28-21/h1-15H,(H,24,26). The van der Waals surface area contributed by atoms with Crippen molar-refractivity contribution in [2.75, 3.05) is 5.09 Å². The summed E-state index contributed by atoms with van der Waals surface area (Å²) in [7, 11) is -2.48. The van der Waals surface area contributed by atoms with Crippen LogP contribution in [0.25, 0.3) is 0 Å². The number of nitrogens with zero attached hydrogens (tertiary/aromatic N) is 2. The average Bonchev–Trinajstić information content (AvgIpc) is 3.24. The van der Waals surface area contributed by atoms with E-state index in [9.17, 15) is 0 Å². The Balaban J connectivity index is 2.06. The topological polar surface area (TPSA) is 37.3 Å². The lowest BCUT2D eigenvalue weighted by molar-refractivity contribution is 1.42. The van der Waals surface area contributed by atoms with Crippen molar-refractivity contribution in [3.05, 3.63) is 100 Å². The molecule has 0 aliphatic rings. The summed E-state index contributed by atoms with van der Waals surface area (Å²) in [6.07, 6.45) is 1.78. The molecule has 0 saturated heterocycles. The molecule has 0 bridgehead atoms. The minimum Gasteiger partial charge on any atom is -0.321 e. The molecule has 4 rings (SSSR count). The second-order valence-electron chi connectivity index (χ2n) is 5.95. The Bertz CT molecular complexity index is 1070. The van der Waals surface area contributed by atoms with Crippen LogP contribution in [0.4, 0.5) is 10.8 Å². The van der Waals surface area contributed by atoms with Crippen LogP contribution < -0.4 is 15.7 Å². The lowest BCUT2D eigenvalue weighted by Gasteiger charge is -2.27. The molecular formula is C21H16Cl2N3PS. The van der Waals surface area contributed by atoms with E-state index in [2.05, 4.69) is 34.3 Å². The van der Waals surface area contributed by atoms with Crippen LogP contribution in [0.15, 0.2) is 95.2 Å². The molecule has 0 spiro atoms. The van der Waals surface area contributed by atoms with Gasteiger partial charge in [0.1, 0.15) is 7.21 Å². The number of hydrogen-bond donors (Lipinski definition) is 1. The van der Waals surface area contributed by atoms with Gasteiger partial charge in [-0.2, -0.15) is 0 Å². The number of thiazole rings is 1. The quantitative estimate of drug-likeness (QED) is 0.338. The fraction of sp³-hybridized carbons (Fsp3) is 0. The average molecular weight is 444 g/mol. The van der Waals surface area contributed by atoms with Crippen LogP contribution in [0.1, 0.15) is 0 Å². The molecule has 4 aromatic rings. The van der Waals surface area contributed by atoms with Crippen LogP contribution in [-0.4, -0.2) is 4.98 Å². The van der Waals surface area contributed by atoms with Gasteiger partial charge >= 0.3 is 0 Å². The number of aromatic nitrogens is 1. The number of halogens is 2. The first-order chi connectivity index (χ1) is 13.7. The van der Waals surface area contributed by atoms with Crippen molar-refractivity contribution in [3.63, 3.8) is 0 Å². The third-order valence-corrected chi connectivity index (χ3v) is 8.65. The summed E-state index contributed by atoms with van der Waals surface area (Å²) in [6.45, 7) is 0. The van der Waals surface area contributed by atoms with Crippen molar-refractivity contribution >= 4 is 63.2 Å². The van der Waals surface area contributed by atoms with Crippen LogP contribution in [-0.2, 0) is 0 Å². The Morgan fingerprint density at radius 2 is 1.50 bits per heavy atom. The highest BCUT2D eigenvalue weighted by Crippen LogP contribution is 2.51. The van der Waals surface area contributed by atoms with E-state index in [1.165, 1.54) is 0 Å². The van der Waals surface area contributed by atoms with E-state index < -0.39 is 7.21 Å². The van der Waals surface area contributed by atoms with Crippen LogP contribution in [0, 0.1) is 0 Å². The van der Waals surface area contributed by atoms with E-state index in [0.717, 1.165) is 15.7 Å². The second-order valence-corrected chi connectivity index (χ2v) is 10.4. The van der Waals surface area contributed by atoms with E-state index in [-0.39, 0.29) is 0 Å². The van der Waals surface area contributed by atoms with Crippen LogP contribution in [0.5, 0.6) is 0 Å². The van der Waals surface area contributed by atoms with Crippen LogP contribution in [0.3, 0.4) is 0 Å². The number of nitrogens with one attached hydrogen (secondary N) is 1. The fourth-order valence-electron chi connectivity index (χ4n) is 2.85. The summed E-state index contributed by atoms with van der Waals surface area (Å²) in [5.41, 5.74) is 0.652. The van der Waals surface area contributed by atoms with Crippen molar-refractivity contribution < 1.29 is 0 Å². The Hall–Kier alpha value is -2.10. The van der Waals surface area contributed by atoms with E-state index in [1.807, 2.05) is 41.8 Å². The molecule has 1 N–H and O–H groups in total. The molecule has 140 valence electrons. The predicted molar refractivity (Wildman–Crippen MR) is 123 cm³/mol. The molecule has 28 heavy (non-hydrogen) atoms. The largest absolute Gasteiger partial charge is 0.321 e. The third-order valence-electron chi connectivity index (χ3n) is 4.12. The molecule has 0 saturated carbocycles. The molecule has 7 heteroatoms. The van der Waals surface area contributed by atoms with Crippen molar-refractivity contribution in [1.29, 1.82) is 0 Å². The zero-order valence-electron chi connectivity index (χ0n) is 14.7. The molecule has 0 atom stereocenters. The molecule has 0 radical (unpaired) electrons. The summed E-state index contributed by atoms with van der Waals surface area (Å²) in [5.74, 6) is 0. The summed E-state index contributed by atoms with van der Waals surface area (Å²) >= 11 is 14.3. The van der Waals surface area contributed by atoms with Crippen molar-refractivity contribution in [2.24, 2.45) is 4.74 Å². The Morgan fingerprint density at radius 1 is 0.857 bits per heavy atom. The summed E-state index contributed by atoms with van der Waals surface area (Å²) in [4.78, 5) is 4.45. The van der Waals surface area contributed by atoms with Gasteiger partial charge in [0, 0.05) is 27.2 Å². The maximum atomic E-state index is 6.48. The zero-order chi connectivity index (χ0) is 19.4. The Morgan fingerprint density at radius 3 is 2.07 bits per heavy atom.